The fourth-order valence-corrected chi connectivity index (χ4v) is 2.40. The molecule has 3 atom stereocenters. The number of rotatable bonds is 1. The fourth-order valence-electron chi connectivity index (χ4n) is 2.40. The minimum Gasteiger partial charge on any atom is -0.334 e. The van der Waals surface area contributed by atoms with E-state index in [9.17, 15) is 4.79 Å². The Hall–Kier alpha value is -1.32. The van der Waals surface area contributed by atoms with Crippen molar-refractivity contribution >= 4 is 6.03 Å². The molecule has 0 saturated heterocycles. The highest BCUT2D eigenvalue weighted by atomic mass is 16.2. The van der Waals surface area contributed by atoms with E-state index in [1.807, 2.05) is 0 Å². The summed E-state index contributed by atoms with van der Waals surface area (Å²) < 4.78 is 1.49. The van der Waals surface area contributed by atoms with Crippen molar-refractivity contribution in [2.24, 2.45) is 11.8 Å². The molecule has 1 N–H and O–H groups in total. The Kier molecular flexibility index (Phi) is 3.27. The number of nitrogens with one attached hydrogen (secondary N) is 1. The van der Waals surface area contributed by atoms with Gasteiger partial charge in [-0.15, -0.1) is 0 Å². The molecule has 4 nitrogen and oxygen atoms in total. The molecule has 1 heterocycles. The number of carbonyl (C=O) groups is 1. The molecule has 16 heavy (non-hydrogen) atoms. The summed E-state index contributed by atoms with van der Waals surface area (Å²) in [6, 6.07) is 0.238. The van der Waals surface area contributed by atoms with Crippen LogP contribution >= 0.6 is 0 Å². The minimum absolute atomic E-state index is 0.0662. The van der Waals surface area contributed by atoms with Gasteiger partial charge in [0.2, 0.25) is 0 Å². The minimum atomic E-state index is -0.0662. The van der Waals surface area contributed by atoms with Crippen LogP contribution in [0.2, 0.25) is 0 Å². The smallest absolute Gasteiger partial charge is 0.327 e. The molecule has 0 radical (unpaired) electrons. The van der Waals surface area contributed by atoms with E-state index in [-0.39, 0.29) is 6.03 Å². The van der Waals surface area contributed by atoms with Gasteiger partial charge in [-0.05, 0) is 18.3 Å². The zero-order valence-electron chi connectivity index (χ0n) is 9.89. The van der Waals surface area contributed by atoms with Crippen molar-refractivity contribution in [3.05, 3.63) is 18.7 Å². The molecule has 1 amide bonds. The van der Waals surface area contributed by atoms with Crippen LogP contribution in [0.1, 0.15) is 33.1 Å². The third kappa shape index (κ3) is 2.26. The molecular weight excluding hydrogens is 202 g/mol. The van der Waals surface area contributed by atoms with Gasteiger partial charge in [0.05, 0.1) is 0 Å². The maximum atomic E-state index is 11.8. The summed E-state index contributed by atoms with van der Waals surface area (Å²) in [6.45, 7) is 4.49. The molecule has 4 heteroatoms. The average molecular weight is 221 g/mol. The molecule has 1 aromatic heterocycles. The van der Waals surface area contributed by atoms with E-state index in [1.165, 1.54) is 23.7 Å². The zero-order valence-corrected chi connectivity index (χ0v) is 9.89. The van der Waals surface area contributed by atoms with Crippen LogP contribution in [0.4, 0.5) is 4.79 Å². The van der Waals surface area contributed by atoms with Crippen molar-refractivity contribution in [3.8, 4) is 0 Å². The monoisotopic (exact) mass is 221 g/mol. The number of amides is 1. The Morgan fingerprint density at radius 1 is 1.44 bits per heavy atom. The largest absolute Gasteiger partial charge is 0.334 e. The van der Waals surface area contributed by atoms with Crippen LogP contribution in [0.5, 0.6) is 0 Å². The number of nitrogens with zero attached hydrogens (tertiary/aromatic N) is 2. The van der Waals surface area contributed by atoms with Gasteiger partial charge in [0.1, 0.15) is 6.33 Å². The van der Waals surface area contributed by atoms with Gasteiger partial charge in [0.25, 0.3) is 0 Å². The van der Waals surface area contributed by atoms with E-state index < -0.39 is 0 Å². The lowest BCUT2D eigenvalue weighted by molar-refractivity contribution is 0.196. The molecular formula is C12H19N3O. The third-order valence-corrected chi connectivity index (χ3v) is 3.75. The van der Waals surface area contributed by atoms with Crippen molar-refractivity contribution in [1.29, 1.82) is 0 Å². The van der Waals surface area contributed by atoms with Crippen LogP contribution in [0.25, 0.3) is 0 Å². The predicted molar refractivity (Wildman–Crippen MR) is 62.1 cm³/mol. The molecule has 0 aliphatic heterocycles. The molecule has 0 spiro atoms. The van der Waals surface area contributed by atoms with Gasteiger partial charge in [0, 0.05) is 18.4 Å². The number of aromatic nitrogens is 2. The third-order valence-electron chi connectivity index (χ3n) is 3.75. The molecule has 1 saturated carbocycles. The zero-order chi connectivity index (χ0) is 11.5. The number of hydrogen-bond acceptors (Lipinski definition) is 2. The van der Waals surface area contributed by atoms with Gasteiger partial charge in [-0.1, -0.05) is 26.7 Å². The summed E-state index contributed by atoms with van der Waals surface area (Å²) in [5.74, 6) is 1.25. The van der Waals surface area contributed by atoms with Crippen LogP contribution in [0.15, 0.2) is 18.7 Å². The van der Waals surface area contributed by atoms with E-state index in [0.29, 0.717) is 17.9 Å². The highest BCUT2D eigenvalue weighted by molar-refractivity contribution is 5.76. The van der Waals surface area contributed by atoms with Crippen LogP contribution < -0.4 is 5.32 Å². The van der Waals surface area contributed by atoms with Crippen molar-refractivity contribution < 1.29 is 4.79 Å². The molecule has 0 unspecified atom stereocenters. The predicted octanol–water partition coefficient (Wildman–Crippen LogP) is 2.27. The second-order valence-corrected chi connectivity index (χ2v) is 4.79. The lowest BCUT2D eigenvalue weighted by atomic mass is 9.78. The van der Waals surface area contributed by atoms with Crippen LogP contribution in [0.3, 0.4) is 0 Å². The Balaban J connectivity index is 1.96. The van der Waals surface area contributed by atoms with Crippen LogP contribution in [-0.4, -0.2) is 21.6 Å². The Morgan fingerprint density at radius 3 is 2.94 bits per heavy atom. The van der Waals surface area contributed by atoms with Gasteiger partial charge >= 0.3 is 6.03 Å². The highest BCUT2D eigenvalue weighted by Gasteiger charge is 2.28. The number of imidazole rings is 1. The summed E-state index contributed by atoms with van der Waals surface area (Å²) in [5, 5.41) is 3.09. The second kappa shape index (κ2) is 4.68. The molecule has 1 fully saturated rings. The lowest BCUT2D eigenvalue weighted by Gasteiger charge is -2.34. The standard InChI is InChI=1S/C12H19N3O/c1-9-4-3-5-11(10(9)2)14-12(16)15-7-6-13-8-15/h6-11H,3-5H2,1-2H3,(H,14,16)/t9-,10+,11+/m0/s1. The molecule has 0 bridgehead atoms. The van der Waals surface area contributed by atoms with Gasteiger partial charge in [-0.2, -0.15) is 0 Å². The molecule has 2 rings (SSSR count). The first-order valence-corrected chi connectivity index (χ1v) is 5.97. The summed E-state index contributed by atoms with van der Waals surface area (Å²) in [5.41, 5.74) is 0. The van der Waals surface area contributed by atoms with Crippen LogP contribution in [-0.2, 0) is 0 Å². The second-order valence-electron chi connectivity index (χ2n) is 4.79. The maximum absolute atomic E-state index is 11.8. The van der Waals surface area contributed by atoms with E-state index >= 15 is 0 Å². The topological polar surface area (TPSA) is 46.9 Å². The first-order chi connectivity index (χ1) is 7.68. The van der Waals surface area contributed by atoms with Crippen molar-refractivity contribution in [3.63, 3.8) is 0 Å². The maximum Gasteiger partial charge on any atom is 0.327 e. The number of carbonyl (C=O) groups excluding carboxylic acids is 1. The summed E-state index contributed by atoms with van der Waals surface area (Å²) in [6.07, 6.45) is 8.40. The van der Waals surface area contributed by atoms with E-state index in [1.54, 1.807) is 12.4 Å². The van der Waals surface area contributed by atoms with Gasteiger partial charge < -0.3 is 5.32 Å². The Bertz CT molecular complexity index is 347. The highest BCUT2D eigenvalue weighted by Crippen LogP contribution is 2.29. The average Bonchev–Trinajstić information content (AvgIpc) is 2.78. The summed E-state index contributed by atoms with van der Waals surface area (Å²) in [7, 11) is 0. The molecule has 88 valence electrons. The van der Waals surface area contributed by atoms with Crippen LogP contribution in [0, 0.1) is 11.8 Å². The lowest BCUT2D eigenvalue weighted by Crippen LogP contribution is -2.45. The quantitative estimate of drug-likeness (QED) is 0.790. The summed E-state index contributed by atoms with van der Waals surface area (Å²) >= 11 is 0. The fraction of sp³-hybridized carbons (Fsp3) is 0.667. The van der Waals surface area contributed by atoms with Gasteiger partial charge in [-0.3, -0.25) is 4.57 Å². The molecule has 1 aliphatic carbocycles. The van der Waals surface area contributed by atoms with E-state index in [4.69, 9.17) is 0 Å². The van der Waals surface area contributed by atoms with E-state index in [2.05, 4.69) is 24.1 Å². The SMILES string of the molecule is C[C@@H]1[C@@H](C)CCC[C@H]1NC(=O)n1ccnc1. The Labute approximate surface area is 96.1 Å². The molecule has 0 aromatic carbocycles. The van der Waals surface area contributed by atoms with Gasteiger partial charge in [-0.25, -0.2) is 9.78 Å². The van der Waals surface area contributed by atoms with Crippen molar-refractivity contribution in [2.45, 2.75) is 39.2 Å². The first-order valence-electron chi connectivity index (χ1n) is 5.97. The Morgan fingerprint density at radius 2 is 2.25 bits per heavy atom. The summed E-state index contributed by atoms with van der Waals surface area (Å²) in [4.78, 5) is 15.7. The van der Waals surface area contributed by atoms with Crippen molar-refractivity contribution in [2.75, 3.05) is 0 Å². The molecule has 1 aromatic rings. The first kappa shape index (κ1) is 11.2. The van der Waals surface area contributed by atoms with Crippen molar-refractivity contribution in [1.82, 2.24) is 14.9 Å². The van der Waals surface area contributed by atoms with Gasteiger partial charge in [0.15, 0.2) is 0 Å². The van der Waals surface area contributed by atoms with E-state index in [0.717, 1.165) is 6.42 Å². The molecule has 1 aliphatic rings. The number of hydrogen-bond donors (Lipinski definition) is 1. The normalized spacial score (nSPS) is 30.0.